The van der Waals surface area contributed by atoms with E-state index in [-0.39, 0.29) is 0 Å². The van der Waals surface area contributed by atoms with Crippen LogP contribution in [-0.4, -0.2) is 23.1 Å². The molecule has 1 rings (SSSR count). The van der Waals surface area contributed by atoms with Crippen LogP contribution in [0.1, 0.15) is 12.5 Å². The van der Waals surface area contributed by atoms with E-state index in [0.717, 1.165) is 6.08 Å². The molecule has 6 heteroatoms. The van der Waals surface area contributed by atoms with Crippen molar-refractivity contribution in [2.75, 3.05) is 0 Å². The van der Waals surface area contributed by atoms with Crippen molar-refractivity contribution in [2.24, 2.45) is 5.73 Å². The van der Waals surface area contributed by atoms with Crippen LogP contribution in [0, 0.1) is 0 Å². The number of amides is 1. The van der Waals surface area contributed by atoms with Crippen LogP contribution < -0.4 is 10.5 Å². The van der Waals surface area contributed by atoms with Crippen LogP contribution in [-0.2, 0) is 9.59 Å². The summed E-state index contributed by atoms with van der Waals surface area (Å²) in [5, 5.41) is 8.59. The number of carbonyl (C=O) groups excluding carboxylic acids is 1. The number of nitrogens with two attached hydrogens (primary N) is 1. The summed E-state index contributed by atoms with van der Waals surface area (Å²) in [4.78, 5) is 21.4. The van der Waals surface area contributed by atoms with Gasteiger partial charge >= 0.3 is 5.97 Å². The molecule has 0 bridgehead atoms. The molecule has 0 radical (unpaired) electrons. The number of rotatable bonds is 5. The minimum Gasteiger partial charge on any atom is -0.479 e. The van der Waals surface area contributed by atoms with Crippen LogP contribution in [0.3, 0.4) is 0 Å². The van der Waals surface area contributed by atoms with Crippen LogP contribution in [0.2, 0.25) is 0 Å². The summed E-state index contributed by atoms with van der Waals surface area (Å²) < 4.78 is 6.02. The molecule has 1 unspecified atom stereocenters. The van der Waals surface area contributed by atoms with E-state index < -0.39 is 18.0 Å². The zero-order chi connectivity index (χ0) is 13.7. The van der Waals surface area contributed by atoms with Gasteiger partial charge in [0.2, 0.25) is 0 Å². The first-order chi connectivity index (χ1) is 8.41. The van der Waals surface area contributed by atoms with Crippen LogP contribution >= 0.6 is 15.9 Å². The summed E-state index contributed by atoms with van der Waals surface area (Å²) in [5.41, 5.74) is 5.66. The Kier molecular flexibility index (Phi) is 4.91. The molecule has 1 atom stereocenters. The molecule has 0 aliphatic carbocycles. The Hall–Kier alpha value is -1.82. The van der Waals surface area contributed by atoms with Crippen molar-refractivity contribution in [3.63, 3.8) is 0 Å². The molecule has 0 heterocycles. The monoisotopic (exact) mass is 313 g/mol. The van der Waals surface area contributed by atoms with Gasteiger partial charge in [0.05, 0.1) is 4.47 Å². The first kappa shape index (κ1) is 14.2. The summed E-state index contributed by atoms with van der Waals surface area (Å²) in [5.74, 6) is -1.29. The van der Waals surface area contributed by atoms with E-state index in [0.29, 0.717) is 15.8 Å². The van der Waals surface area contributed by atoms with Gasteiger partial charge in [0.15, 0.2) is 6.10 Å². The van der Waals surface area contributed by atoms with Crippen molar-refractivity contribution in [1.29, 1.82) is 0 Å². The maximum Gasteiger partial charge on any atom is 0.328 e. The second kappa shape index (κ2) is 6.20. The third-order valence-electron chi connectivity index (χ3n) is 2.10. The fourth-order valence-electron chi connectivity index (χ4n) is 1.18. The highest BCUT2D eigenvalue weighted by molar-refractivity contribution is 9.10. The topological polar surface area (TPSA) is 89.6 Å². The van der Waals surface area contributed by atoms with E-state index in [1.54, 1.807) is 18.2 Å². The number of aliphatic carboxylic acids is 1. The van der Waals surface area contributed by atoms with Gasteiger partial charge in [0, 0.05) is 11.6 Å². The maximum absolute atomic E-state index is 11.0. The number of halogens is 1. The average molecular weight is 314 g/mol. The molecule has 1 aromatic rings. The van der Waals surface area contributed by atoms with Gasteiger partial charge in [-0.25, -0.2) is 4.79 Å². The van der Waals surface area contributed by atoms with E-state index in [1.807, 2.05) is 0 Å². The molecule has 5 nitrogen and oxygen atoms in total. The molecule has 0 spiro atoms. The first-order valence-electron chi connectivity index (χ1n) is 5.07. The number of para-hydroxylation sites is 1. The Morgan fingerprint density at radius 1 is 1.50 bits per heavy atom. The van der Waals surface area contributed by atoms with Gasteiger partial charge in [-0.3, -0.25) is 4.79 Å². The Labute approximate surface area is 112 Å². The van der Waals surface area contributed by atoms with Crippen molar-refractivity contribution in [2.45, 2.75) is 13.0 Å². The molecule has 0 aliphatic rings. The lowest BCUT2D eigenvalue weighted by atomic mass is 10.2. The highest BCUT2D eigenvalue weighted by atomic mass is 79.9. The van der Waals surface area contributed by atoms with Crippen LogP contribution in [0.4, 0.5) is 0 Å². The smallest absolute Gasteiger partial charge is 0.328 e. The molecular formula is C12H12BrNO4. The van der Waals surface area contributed by atoms with Crippen molar-refractivity contribution in [1.82, 2.24) is 0 Å². The molecule has 0 saturated carbocycles. The fourth-order valence-corrected chi connectivity index (χ4v) is 1.65. The van der Waals surface area contributed by atoms with Crippen molar-refractivity contribution in [3.05, 3.63) is 34.3 Å². The lowest BCUT2D eigenvalue weighted by Crippen LogP contribution is -2.30. The van der Waals surface area contributed by atoms with Gasteiger partial charge in [0.25, 0.3) is 5.91 Å². The minimum absolute atomic E-state index is 0.376. The average Bonchev–Trinajstić information content (AvgIpc) is 2.29. The van der Waals surface area contributed by atoms with Gasteiger partial charge < -0.3 is 15.6 Å². The third-order valence-corrected chi connectivity index (χ3v) is 2.72. The predicted octanol–water partition coefficient (Wildman–Crippen LogP) is 1.80. The summed E-state index contributed by atoms with van der Waals surface area (Å²) in [6.45, 7) is 1.52. The SMILES string of the molecule is CC(Oc1c(Br)cccc1/C=C/C(=O)O)C(N)=O. The molecule has 96 valence electrons. The number of carboxylic acids is 1. The Bertz CT molecular complexity index is 499. The van der Waals surface area contributed by atoms with E-state index in [2.05, 4.69) is 15.9 Å². The molecular weight excluding hydrogens is 302 g/mol. The molecule has 1 amide bonds. The predicted molar refractivity (Wildman–Crippen MR) is 70.1 cm³/mol. The number of carboxylic acid groups (broad SMARTS) is 1. The van der Waals surface area contributed by atoms with Gasteiger partial charge in [-0.15, -0.1) is 0 Å². The summed E-state index contributed by atoms with van der Waals surface area (Å²) in [6.07, 6.45) is 1.57. The van der Waals surface area contributed by atoms with Crippen LogP contribution in [0.25, 0.3) is 6.08 Å². The number of primary amides is 1. The number of hydrogen-bond acceptors (Lipinski definition) is 3. The molecule has 3 N–H and O–H groups in total. The van der Waals surface area contributed by atoms with Crippen molar-refractivity contribution < 1.29 is 19.4 Å². The molecule has 1 aromatic carbocycles. The number of hydrogen-bond donors (Lipinski definition) is 2. The van der Waals surface area contributed by atoms with E-state index in [9.17, 15) is 9.59 Å². The lowest BCUT2D eigenvalue weighted by Gasteiger charge is -2.15. The molecule has 18 heavy (non-hydrogen) atoms. The zero-order valence-electron chi connectivity index (χ0n) is 9.59. The van der Waals surface area contributed by atoms with Crippen LogP contribution in [0.15, 0.2) is 28.7 Å². The summed E-state index contributed by atoms with van der Waals surface area (Å²) >= 11 is 3.27. The van der Waals surface area contributed by atoms with Crippen molar-refractivity contribution in [3.8, 4) is 5.75 Å². The van der Waals surface area contributed by atoms with Crippen LogP contribution in [0.5, 0.6) is 5.75 Å². The highest BCUT2D eigenvalue weighted by Gasteiger charge is 2.14. The standard InChI is InChI=1S/C12H12BrNO4/c1-7(12(14)17)18-11-8(5-6-10(15)16)3-2-4-9(11)13/h2-7H,1H3,(H2,14,17)(H,15,16)/b6-5+. The van der Waals surface area contributed by atoms with Gasteiger partial charge in [-0.2, -0.15) is 0 Å². The Morgan fingerprint density at radius 3 is 2.72 bits per heavy atom. The van der Waals surface area contributed by atoms with E-state index in [1.165, 1.54) is 13.0 Å². The second-order valence-electron chi connectivity index (χ2n) is 3.49. The van der Waals surface area contributed by atoms with Crippen molar-refractivity contribution >= 4 is 33.9 Å². The quantitative estimate of drug-likeness (QED) is 0.811. The third kappa shape index (κ3) is 3.89. The normalized spacial score (nSPS) is 12.3. The highest BCUT2D eigenvalue weighted by Crippen LogP contribution is 2.30. The number of carbonyl (C=O) groups is 2. The molecule has 0 fully saturated rings. The molecule has 0 aromatic heterocycles. The van der Waals surface area contributed by atoms with E-state index >= 15 is 0 Å². The lowest BCUT2D eigenvalue weighted by molar-refractivity contribution is -0.131. The van der Waals surface area contributed by atoms with Gasteiger partial charge in [-0.1, -0.05) is 12.1 Å². The van der Waals surface area contributed by atoms with E-state index in [4.69, 9.17) is 15.6 Å². The minimum atomic E-state index is -1.07. The second-order valence-corrected chi connectivity index (χ2v) is 4.35. The fraction of sp³-hybridized carbons (Fsp3) is 0.167. The number of benzene rings is 1. The Balaban J connectivity index is 3.08. The number of ether oxygens (including phenoxy) is 1. The largest absolute Gasteiger partial charge is 0.479 e. The maximum atomic E-state index is 11.0. The van der Waals surface area contributed by atoms with Gasteiger partial charge in [0.1, 0.15) is 5.75 Å². The van der Waals surface area contributed by atoms with Gasteiger partial charge in [-0.05, 0) is 35.0 Å². The summed E-state index contributed by atoms with van der Waals surface area (Å²) in [6, 6.07) is 5.13. The first-order valence-corrected chi connectivity index (χ1v) is 5.86. The Morgan fingerprint density at radius 2 is 2.17 bits per heavy atom. The molecule has 0 aliphatic heterocycles. The zero-order valence-corrected chi connectivity index (χ0v) is 11.2. The molecule has 0 saturated heterocycles. The summed E-state index contributed by atoms with van der Waals surface area (Å²) in [7, 11) is 0.